The number of benzene rings is 2. The first kappa shape index (κ1) is 23.3. The standard InChI is InChI=1S/C25H29FN2O5S/c1-2-27-9-3-4-15(13-27)10-16-11-18(26)5-7-21(16)28(34(31)32)22-8-6-19-20-12-17(20)14-33-24(19)23(22)25(29)30/h5-8,11,15,17,20H,2-4,9-10,12-14H2,1H3,(H,29,30)(H,31,32)/t15-,17-,20-/m0/s1. The van der Waals surface area contributed by atoms with Crippen molar-refractivity contribution in [3.63, 3.8) is 0 Å². The third kappa shape index (κ3) is 4.32. The Morgan fingerprint density at radius 1 is 1.29 bits per heavy atom. The van der Waals surface area contributed by atoms with E-state index in [1.54, 1.807) is 12.1 Å². The normalized spacial score (nSPS) is 24.5. The van der Waals surface area contributed by atoms with Crippen LogP contribution in [0.5, 0.6) is 5.75 Å². The molecular formula is C25H29FN2O5S. The molecule has 2 aliphatic heterocycles. The minimum atomic E-state index is -2.58. The van der Waals surface area contributed by atoms with E-state index in [9.17, 15) is 23.1 Å². The van der Waals surface area contributed by atoms with Crippen LogP contribution in [0, 0.1) is 17.7 Å². The van der Waals surface area contributed by atoms with Crippen LogP contribution in [0.25, 0.3) is 0 Å². The number of rotatable bonds is 7. The molecule has 0 bridgehead atoms. The second-order valence-electron chi connectivity index (χ2n) is 9.50. The molecule has 5 rings (SSSR count). The first-order chi connectivity index (χ1) is 16.4. The number of halogens is 1. The van der Waals surface area contributed by atoms with Crippen molar-refractivity contribution in [1.82, 2.24) is 4.90 Å². The smallest absolute Gasteiger partial charge is 0.341 e. The van der Waals surface area contributed by atoms with Gasteiger partial charge in [0.15, 0.2) is 0 Å². The number of carboxylic acid groups (broad SMARTS) is 1. The number of ether oxygens (including phenoxy) is 1. The van der Waals surface area contributed by atoms with Crippen LogP contribution in [0.15, 0.2) is 30.3 Å². The minimum Gasteiger partial charge on any atom is -0.492 e. The SMILES string of the molecule is CCN1CCC[C@@H](Cc2cc(F)ccc2N(c2ccc3c(c2C(=O)O)OC[C@@H]2C[C@H]32)S(=O)O)C1. The fourth-order valence-electron chi connectivity index (χ4n) is 5.54. The van der Waals surface area contributed by atoms with E-state index in [1.807, 2.05) is 0 Å². The van der Waals surface area contributed by atoms with Crippen molar-refractivity contribution in [2.24, 2.45) is 11.8 Å². The Kier molecular flexibility index (Phi) is 6.35. The number of nitrogens with zero attached hydrogens (tertiary/aromatic N) is 2. The van der Waals surface area contributed by atoms with Crippen molar-refractivity contribution in [3.05, 3.63) is 52.8 Å². The van der Waals surface area contributed by atoms with E-state index in [-0.39, 0.29) is 28.8 Å². The molecule has 7 nitrogen and oxygen atoms in total. The van der Waals surface area contributed by atoms with E-state index in [0.717, 1.165) is 48.8 Å². The van der Waals surface area contributed by atoms with Crippen molar-refractivity contribution in [2.75, 3.05) is 30.5 Å². The van der Waals surface area contributed by atoms with Crippen LogP contribution < -0.4 is 9.04 Å². The van der Waals surface area contributed by atoms with Crippen LogP contribution in [0.1, 0.15) is 53.6 Å². The van der Waals surface area contributed by atoms with Gasteiger partial charge in [-0.1, -0.05) is 13.0 Å². The number of likely N-dealkylation sites (tertiary alicyclic amines) is 1. The third-order valence-electron chi connectivity index (χ3n) is 7.34. The van der Waals surface area contributed by atoms with Crippen LogP contribution >= 0.6 is 0 Å². The highest BCUT2D eigenvalue weighted by Crippen LogP contribution is 2.56. The van der Waals surface area contributed by atoms with Gasteiger partial charge in [0.25, 0.3) is 11.3 Å². The summed E-state index contributed by atoms with van der Waals surface area (Å²) in [6.07, 6.45) is 3.53. The summed E-state index contributed by atoms with van der Waals surface area (Å²) in [5, 5.41) is 10.1. The van der Waals surface area contributed by atoms with E-state index in [4.69, 9.17) is 4.74 Å². The lowest BCUT2D eigenvalue weighted by atomic mass is 9.90. The van der Waals surface area contributed by atoms with Gasteiger partial charge in [-0.25, -0.2) is 17.7 Å². The van der Waals surface area contributed by atoms with Gasteiger partial charge >= 0.3 is 5.97 Å². The van der Waals surface area contributed by atoms with Gasteiger partial charge in [-0.3, -0.25) is 4.55 Å². The van der Waals surface area contributed by atoms with Gasteiger partial charge in [-0.05, 0) is 86.0 Å². The average molecular weight is 489 g/mol. The van der Waals surface area contributed by atoms with E-state index < -0.39 is 23.1 Å². The maximum atomic E-state index is 14.3. The molecule has 34 heavy (non-hydrogen) atoms. The second kappa shape index (κ2) is 9.28. The first-order valence-corrected chi connectivity index (χ1v) is 12.9. The zero-order valence-electron chi connectivity index (χ0n) is 19.1. The molecule has 0 spiro atoms. The van der Waals surface area contributed by atoms with Crippen molar-refractivity contribution in [3.8, 4) is 5.75 Å². The predicted octanol–water partition coefficient (Wildman–Crippen LogP) is 4.57. The molecule has 1 unspecified atom stereocenters. The largest absolute Gasteiger partial charge is 0.492 e. The lowest BCUT2D eigenvalue weighted by molar-refractivity contribution is 0.0692. The fraction of sp³-hybridized carbons (Fsp3) is 0.480. The van der Waals surface area contributed by atoms with Crippen molar-refractivity contribution < 1.29 is 27.8 Å². The molecule has 2 heterocycles. The Bertz CT molecular complexity index is 1140. The first-order valence-electron chi connectivity index (χ1n) is 11.8. The molecular weight excluding hydrogens is 459 g/mol. The van der Waals surface area contributed by atoms with E-state index >= 15 is 0 Å². The van der Waals surface area contributed by atoms with Gasteiger partial charge in [0.05, 0.1) is 18.0 Å². The molecule has 1 saturated carbocycles. The summed E-state index contributed by atoms with van der Waals surface area (Å²) in [7, 11) is 0. The Balaban J connectivity index is 1.57. The summed E-state index contributed by atoms with van der Waals surface area (Å²) in [6.45, 7) is 5.42. The van der Waals surface area contributed by atoms with Gasteiger partial charge in [0, 0.05) is 12.5 Å². The lowest BCUT2D eigenvalue weighted by Crippen LogP contribution is -2.36. The topological polar surface area (TPSA) is 90.3 Å². The average Bonchev–Trinajstić information content (AvgIpc) is 3.60. The number of carboxylic acids is 1. The molecule has 0 amide bonds. The number of fused-ring (bicyclic) bond motifs is 3. The number of aromatic carboxylic acids is 1. The number of piperidine rings is 1. The minimum absolute atomic E-state index is 0.0675. The molecule has 2 aromatic carbocycles. The summed E-state index contributed by atoms with van der Waals surface area (Å²) < 4.78 is 44.2. The molecule has 0 aromatic heterocycles. The number of hydrogen-bond acceptors (Lipinski definition) is 4. The zero-order chi connectivity index (χ0) is 24.0. The van der Waals surface area contributed by atoms with Crippen molar-refractivity contribution >= 4 is 28.6 Å². The number of hydrogen-bond donors (Lipinski definition) is 2. The highest BCUT2D eigenvalue weighted by Gasteiger charge is 2.46. The molecule has 0 radical (unpaired) electrons. The Morgan fingerprint density at radius 3 is 2.82 bits per heavy atom. The maximum Gasteiger partial charge on any atom is 0.341 e. The Labute approximate surface area is 200 Å². The highest BCUT2D eigenvalue weighted by molar-refractivity contribution is 7.81. The van der Waals surface area contributed by atoms with Crippen molar-refractivity contribution in [2.45, 2.75) is 38.5 Å². The van der Waals surface area contributed by atoms with Gasteiger partial charge in [-0.2, -0.15) is 0 Å². The molecule has 3 aliphatic rings. The molecule has 2 aromatic rings. The van der Waals surface area contributed by atoms with Crippen LogP contribution in [0.2, 0.25) is 0 Å². The van der Waals surface area contributed by atoms with Crippen LogP contribution in [0.4, 0.5) is 15.8 Å². The Morgan fingerprint density at radius 2 is 2.09 bits per heavy atom. The van der Waals surface area contributed by atoms with Crippen molar-refractivity contribution in [1.29, 1.82) is 0 Å². The Hall–Kier alpha value is -2.49. The lowest BCUT2D eigenvalue weighted by Gasteiger charge is -2.33. The predicted molar refractivity (Wildman–Crippen MR) is 128 cm³/mol. The van der Waals surface area contributed by atoms with Gasteiger partial charge in [0.2, 0.25) is 0 Å². The van der Waals surface area contributed by atoms with E-state index in [0.29, 0.717) is 30.2 Å². The zero-order valence-corrected chi connectivity index (χ0v) is 19.9. The molecule has 2 N–H and O–H groups in total. The van der Waals surface area contributed by atoms with E-state index in [1.165, 1.54) is 18.2 Å². The monoisotopic (exact) mass is 488 g/mol. The maximum absolute atomic E-state index is 14.3. The summed E-state index contributed by atoms with van der Waals surface area (Å²) in [6, 6.07) is 7.46. The quantitative estimate of drug-likeness (QED) is 0.555. The fourth-order valence-corrected chi connectivity index (χ4v) is 6.21. The van der Waals surface area contributed by atoms with Gasteiger partial charge < -0.3 is 14.7 Å². The van der Waals surface area contributed by atoms with Gasteiger partial charge in [0.1, 0.15) is 17.1 Å². The second-order valence-corrected chi connectivity index (χ2v) is 10.3. The van der Waals surface area contributed by atoms with Crippen LogP contribution in [0.3, 0.4) is 0 Å². The third-order valence-corrected chi connectivity index (χ3v) is 8.04. The molecule has 1 aliphatic carbocycles. The number of carbonyl (C=O) groups is 1. The number of anilines is 2. The van der Waals surface area contributed by atoms with E-state index in [2.05, 4.69) is 11.8 Å². The van der Waals surface area contributed by atoms with Gasteiger partial charge in [-0.15, -0.1) is 0 Å². The summed E-state index contributed by atoms with van der Waals surface area (Å²) in [5.41, 5.74) is 1.69. The van der Waals surface area contributed by atoms with Crippen LogP contribution in [-0.4, -0.2) is 51.0 Å². The summed E-state index contributed by atoms with van der Waals surface area (Å²) in [4.78, 5) is 14.7. The molecule has 4 atom stereocenters. The molecule has 9 heteroatoms. The molecule has 2 fully saturated rings. The molecule has 182 valence electrons. The highest BCUT2D eigenvalue weighted by atomic mass is 32.2. The summed E-state index contributed by atoms with van der Waals surface area (Å²) >= 11 is -2.58. The summed E-state index contributed by atoms with van der Waals surface area (Å²) in [5.74, 6) is -0.425. The molecule has 1 saturated heterocycles. The van der Waals surface area contributed by atoms with Crippen LogP contribution in [-0.2, 0) is 17.7 Å².